The van der Waals surface area contributed by atoms with E-state index >= 15 is 0 Å². The number of benzene rings is 2. The lowest BCUT2D eigenvalue weighted by Crippen LogP contribution is -2.43. The summed E-state index contributed by atoms with van der Waals surface area (Å²) in [7, 11) is 1.81. The molecule has 2 amide bonds. The summed E-state index contributed by atoms with van der Waals surface area (Å²) >= 11 is 5.87. The molecule has 2 aromatic carbocycles. The first kappa shape index (κ1) is 17.5. The van der Waals surface area contributed by atoms with Crippen LogP contribution in [0.4, 0.5) is 5.69 Å². The molecular formula is C20H21ClN2O2. The maximum atomic E-state index is 12.7. The number of rotatable bonds is 3. The van der Waals surface area contributed by atoms with E-state index in [-0.39, 0.29) is 17.7 Å². The largest absolute Gasteiger partial charge is 0.339 e. The number of piperidine rings is 1. The van der Waals surface area contributed by atoms with Crippen molar-refractivity contribution < 1.29 is 9.59 Å². The molecule has 1 aliphatic rings. The van der Waals surface area contributed by atoms with Crippen LogP contribution in [0.15, 0.2) is 54.6 Å². The van der Waals surface area contributed by atoms with Gasteiger partial charge in [-0.3, -0.25) is 9.59 Å². The van der Waals surface area contributed by atoms with E-state index in [4.69, 9.17) is 11.6 Å². The van der Waals surface area contributed by atoms with Crippen LogP contribution in [0.2, 0.25) is 5.02 Å². The lowest BCUT2D eigenvalue weighted by atomic mass is 9.94. The Morgan fingerprint density at radius 3 is 2.20 bits per heavy atom. The molecule has 0 spiro atoms. The number of carbonyl (C=O) groups excluding carboxylic acids is 2. The predicted octanol–water partition coefficient (Wildman–Crippen LogP) is 3.86. The second-order valence-corrected chi connectivity index (χ2v) is 6.74. The van der Waals surface area contributed by atoms with Crippen LogP contribution in [0.3, 0.4) is 0 Å². The standard InChI is InChI=1S/C20H21ClN2O2/c1-22(18-5-3-2-4-6-18)19(24)16-11-13-23(14-12-16)20(25)15-7-9-17(21)10-8-15/h2-10,16H,11-14H2,1H3. The minimum atomic E-state index is -0.0422. The van der Waals surface area contributed by atoms with E-state index in [9.17, 15) is 9.59 Å². The van der Waals surface area contributed by atoms with Crippen LogP contribution >= 0.6 is 11.6 Å². The molecule has 5 heteroatoms. The average molecular weight is 357 g/mol. The highest BCUT2D eigenvalue weighted by Crippen LogP contribution is 2.23. The zero-order valence-corrected chi connectivity index (χ0v) is 14.9. The minimum Gasteiger partial charge on any atom is -0.339 e. The van der Waals surface area contributed by atoms with Crippen molar-refractivity contribution in [2.75, 3.05) is 25.0 Å². The third-order valence-corrected chi connectivity index (χ3v) is 4.95. The molecule has 0 aliphatic carbocycles. The third kappa shape index (κ3) is 4.02. The van der Waals surface area contributed by atoms with E-state index in [1.807, 2.05) is 42.3 Å². The van der Waals surface area contributed by atoms with Gasteiger partial charge < -0.3 is 9.80 Å². The van der Waals surface area contributed by atoms with E-state index < -0.39 is 0 Å². The van der Waals surface area contributed by atoms with E-state index in [2.05, 4.69) is 0 Å². The average Bonchev–Trinajstić information content (AvgIpc) is 2.67. The second kappa shape index (κ2) is 7.70. The zero-order chi connectivity index (χ0) is 17.8. The number of amides is 2. The van der Waals surface area contributed by atoms with Gasteiger partial charge in [0.05, 0.1) is 0 Å². The Morgan fingerprint density at radius 2 is 1.60 bits per heavy atom. The van der Waals surface area contributed by atoms with Crippen molar-refractivity contribution in [3.63, 3.8) is 0 Å². The Bertz CT molecular complexity index is 738. The molecule has 4 nitrogen and oxygen atoms in total. The first-order valence-electron chi connectivity index (χ1n) is 8.43. The molecule has 1 saturated heterocycles. The Hall–Kier alpha value is -2.33. The summed E-state index contributed by atoms with van der Waals surface area (Å²) in [6, 6.07) is 16.6. The summed E-state index contributed by atoms with van der Waals surface area (Å²) in [5.41, 5.74) is 1.53. The molecule has 0 saturated carbocycles. The number of nitrogens with zero attached hydrogens (tertiary/aromatic N) is 2. The Kier molecular flexibility index (Phi) is 5.39. The zero-order valence-electron chi connectivity index (χ0n) is 14.2. The highest BCUT2D eigenvalue weighted by molar-refractivity contribution is 6.30. The van der Waals surface area contributed by atoms with Crippen molar-refractivity contribution in [2.45, 2.75) is 12.8 Å². The van der Waals surface area contributed by atoms with E-state index in [0.717, 1.165) is 5.69 Å². The van der Waals surface area contributed by atoms with Crippen molar-refractivity contribution in [1.29, 1.82) is 0 Å². The number of hydrogen-bond acceptors (Lipinski definition) is 2. The van der Waals surface area contributed by atoms with Crippen LogP contribution < -0.4 is 4.90 Å². The molecule has 0 aromatic heterocycles. The van der Waals surface area contributed by atoms with Crippen molar-refractivity contribution in [3.8, 4) is 0 Å². The van der Waals surface area contributed by atoms with Crippen molar-refractivity contribution in [3.05, 3.63) is 65.2 Å². The number of hydrogen-bond donors (Lipinski definition) is 0. The molecule has 2 aromatic rings. The van der Waals surface area contributed by atoms with E-state index in [1.165, 1.54) is 0 Å². The minimum absolute atomic E-state index is 0.000945. The first-order valence-corrected chi connectivity index (χ1v) is 8.81. The Balaban J connectivity index is 1.59. The molecule has 0 radical (unpaired) electrons. The second-order valence-electron chi connectivity index (χ2n) is 6.31. The van der Waals surface area contributed by atoms with E-state index in [0.29, 0.717) is 36.5 Å². The fraction of sp³-hybridized carbons (Fsp3) is 0.300. The topological polar surface area (TPSA) is 40.6 Å². The van der Waals surface area contributed by atoms with Crippen molar-refractivity contribution in [1.82, 2.24) is 4.90 Å². The smallest absolute Gasteiger partial charge is 0.253 e. The SMILES string of the molecule is CN(C(=O)C1CCN(C(=O)c2ccc(Cl)cc2)CC1)c1ccccc1. The van der Waals surface area contributed by atoms with Gasteiger partial charge in [0.1, 0.15) is 0 Å². The quantitative estimate of drug-likeness (QED) is 0.838. The molecule has 130 valence electrons. The molecule has 1 aliphatic heterocycles. The lowest BCUT2D eigenvalue weighted by Gasteiger charge is -2.33. The third-order valence-electron chi connectivity index (χ3n) is 4.70. The molecule has 25 heavy (non-hydrogen) atoms. The normalized spacial score (nSPS) is 15.0. The van der Waals surface area contributed by atoms with Gasteiger partial charge in [-0.2, -0.15) is 0 Å². The molecule has 0 atom stereocenters. The summed E-state index contributed by atoms with van der Waals surface area (Å²) in [4.78, 5) is 28.7. The van der Waals surface area contributed by atoms with Crippen LogP contribution in [0, 0.1) is 5.92 Å². The van der Waals surface area contributed by atoms with Gasteiger partial charge in [0.15, 0.2) is 0 Å². The summed E-state index contributed by atoms with van der Waals surface area (Å²) in [5, 5.41) is 0.616. The van der Waals surface area contributed by atoms with Gasteiger partial charge in [-0.15, -0.1) is 0 Å². The Morgan fingerprint density at radius 1 is 1.00 bits per heavy atom. The van der Waals surface area contributed by atoms with Crippen LogP contribution in [0.25, 0.3) is 0 Å². The number of halogens is 1. The molecule has 0 N–H and O–H groups in total. The van der Waals surface area contributed by atoms with Crippen LogP contribution in [-0.4, -0.2) is 36.9 Å². The predicted molar refractivity (Wildman–Crippen MR) is 99.9 cm³/mol. The molecule has 3 rings (SSSR count). The van der Waals surface area contributed by atoms with Crippen molar-refractivity contribution >= 4 is 29.1 Å². The van der Waals surface area contributed by atoms with Gasteiger partial charge in [-0.25, -0.2) is 0 Å². The van der Waals surface area contributed by atoms with Crippen LogP contribution in [0.1, 0.15) is 23.2 Å². The van der Waals surface area contributed by atoms with Gasteiger partial charge in [-0.1, -0.05) is 29.8 Å². The van der Waals surface area contributed by atoms with Gasteiger partial charge in [0.25, 0.3) is 5.91 Å². The van der Waals surface area contributed by atoms with Crippen molar-refractivity contribution in [2.24, 2.45) is 5.92 Å². The van der Waals surface area contributed by atoms with Crippen LogP contribution in [-0.2, 0) is 4.79 Å². The van der Waals surface area contributed by atoms with Crippen LogP contribution in [0.5, 0.6) is 0 Å². The van der Waals surface area contributed by atoms with Gasteiger partial charge >= 0.3 is 0 Å². The number of likely N-dealkylation sites (tertiary alicyclic amines) is 1. The number of para-hydroxylation sites is 1. The Labute approximate surface area is 153 Å². The summed E-state index contributed by atoms with van der Waals surface area (Å²) < 4.78 is 0. The first-order chi connectivity index (χ1) is 12.1. The van der Waals surface area contributed by atoms with E-state index in [1.54, 1.807) is 29.2 Å². The van der Waals surface area contributed by atoms with Gasteiger partial charge in [0.2, 0.25) is 5.91 Å². The monoisotopic (exact) mass is 356 g/mol. The summed E-state index contributed by atoms with van der Waals surface area (Å²) in [6.45, 7) is 1.20. The molecule has 1 heterocycles. The molecule has 0 bridgehead atoms. The number of carbonyl (C=O) groups is 2. The fourth-order valence-electron chi connectivity index (χ4n) is 3.16. The molecule has 0 unspecified atom stereocenters. The summed E-state index contributed by atoms with van der Waals surface area (Å²) in [6.07, 6.45) is 1.38. The maximum absolute atomic E-state index is 12.7. The molecule has 1 fully saturated rings. The lowest BCUT2D eigenvalue weighted by molar-refractivity contribution is -0.123. The van der Waals surface area contributed by atoms with Gasteiger partial charge in [0, 0.05) is 42.3 Å². The maximum Gasteiger partial charge on any atom is 0.253 e. The fourth-order valence-corrected chi connectivity index (χ4v) is 3.28. The highest BCUT2D eigenvalue weighted by atomic mass is 35.5. The summed E-state index contributed by atoms with van der Waals surface area (Å²) in [5.74, 6) is 0.0724. The number of anilines is 1. The van der Waals surface area contributed by atoms with Gasteiger partial charge in [-0.05, 0) is 49.2 Å². The highest BCUT2D eigenvalue weighted by Gasteiger charge is 2.29. The molecular weight excluding hydrogens is 336 g/mol.